The second-order valence-corrected chi connectivity index (χ2v) is 3.94. The molecular weight excluding hydrogens is 236 g/mol. The molecule has 1 atom stereocenters. The Morgan fingerprint density at radius 3 is 2.39 bits per heavy atom. The zero-order valence-electron chi connectivity index (χ0n) is 9.61. The first-order chi connectivity index (χ1) is 8.66. The maximum Gasteiger partial charge on any atom is 0.159 e. The Labute approximate surface area is 104 Å². The van der Waals surface area contributed by atoms with E-state index in [2.05, 4.69) is 5.32 Å². The van der Waals surface area contributed by atoms with E-state index in [-0.39, 0.29) is 6.54 Å². The van der Waals surface area contributed by atoms with Gasteiger partial charge in [0.05, 0.1) is 6.10 Å². The number of hydrogen-bond donors (Lipinski definition) is 2. The van der Waals surface area contributed by atoms with E-state index in [1.807, 2.05) is 30.3 Å². The van der Waals surface area contributed by atoms with E-state index in [1.165, 1.54) is 6.07 Å². The SMILES string of the molecule is OC(CNc1ccccc1)c1ccc(F)c(F)c1. The van der Waals surface area contributed by atoms with Gasteiger partial charge in [-0.15, -0.1) is 0 Å². The molecule has 0 radical (unpaired) electrons. The van der Waals surface area contributed by atoms with Crippen LogP contribution >= 0.6 is 0 Å². The van der Waals surface area contributed by atoms with Crippen LogP contribution in [-0.2, 0) is 0 Å². The van der Waals surface area contributed by atoms with Crippen molar-refractivity contribution in [1.82, 2.24) is 0 Å². The number of anilines is 1. The number of nitrogens with one attached hydrogen (secondary N) is 1. The Morgan fingerprint density at radius 2 is 1.72 bits per heavy atom. The Morgan fingerprint density at radius 1 is 1.00 bits per heavy atom. The summed E-state index contributed by atoms with van der Waals surface area (Å²) in [6, 6.07) is 12.7. The van der Waals surface area contributed by atoms with E-state index in [0.29, 0.717) is 5.56 Å². The van der Waals surface area contributed by atoms with E-state index < -0.39 is 17.7 Å². The molecule has 0 saturated carbocycles. The van der Waals surface area contributed by atoms with Crippen molar-refractivity contribution in [1.29, 1.82) is 0 Å². The number of aliphatic hydroxyl groups excluding tert-OH is 1. The van der Waals surface area contributed by atoms with Crippen LogP contribution in [0.25, 0.3) is 0 Å². The molecule has 0 saturated heterocycles. The van der Waals surface area contributed by atoms with Crippen LogP contribution in [-0.4, -0.2) is 11.7 Å². The fourth-order valence-electron chi connectivity index (χ4n) is 1.61. The third-order valence-corrected chi connectivity index (χ3v) is 2.60. The third kappa shape index (κ3) is 3.05. The number of benzene rings is 2. The molecule has 2 nitrogen and oxygen atoms in total. The molecule has 4 heteroatoms. The first kappa shape index (κ1) is 12.5. The number of para-hydroxylation sites is 1. The van der Waals surface area contributed by atoms with Crippen molar-refractivity contribution in [2.45, 2.75) is 6.10 Å². The zero-order valence-corrected chi connectivity index (χ0v) is 9.61. The van der Waals surface area contributed by atoms with Crippen molar-refractivity contribution in [2.24, 2.45) is 0 Å². The van der Waals surface area contributed by atoms with E-state index >= 15 is 0 Å². The minimum absolute atomic E-state index is 0.231. The van der Waals surface area contributed by atoms with Crippen LogP contribution in [0.5, 0.6) is 0 Å². The van der Waals surface area contributed by atoms with Crippen LogP contribution in [0.3, 0.4) is 0 Å². The molecule has 18 heavy (non-hydrogen) atoms. The first-order valence-corrected chi connectivity index (χ1v) is 5.59. The maximum atomic E-state index is 13.0. The van der Waals surface area contributed by atoms with Crippen molar-refractivity contribution in [3.05, 3.63) is 65.7 Å². The molecule has 2 aromatic rings. The second-order valence-electron chi connectivity index (χ2n) is 3.94. The molecule has 0 aliphatic rings. The van der Waals surface area contributed by atoms with Gasteiger partial charge in [-0.05, 0) is 29.8 Å². The molecule has 0 amide bonds. The highest BCUT2D eigenvalue weighted by Gasteiger charge is 2.10. The normalized spacial score (nSPS) is 12.2. The van der Waals surface area contributed by atoms with Gasteiger partial charge in [0, 0.05) is 12.2 Å². The van der Waals surface area contributed by atoms with Crippen molar-refractivity contribution in [3.63, 3.8) is 0 Å². The average Bonchev–Trinajstić information content (AvgIpc) is 2.40. The summed E-state index contributed by atoms with van der Waals surface area (Å²) in [5.41, 5.74) is 1.21. The average molecular weight is 249 g/mol. The predicted molar refractivity (Wildman–Crippen MR) is 66.2 cm³/mol. The van der Waals surface area contributed by atoms with Gasteiger partial charge in [-0.25, -0.2) is 8.78 Å². The van der Waals surface area contributed by atoms with E-state index in [1.54, 1.807) is 0 Å². The van der Waals surface area contributed by atoms with Crippen LogP contribution in [0.2, 0.25) is 0 Å². The van der Waals surface area contributed by atoms with Gasteiger partial charge in [-0.1, -0.05) is 24.3 Å². The Hall–Kier alpha value is -1.94. The van der Waals surface area contributed by atoms with Gasteiger partial charge in [-0.2, -0.15) is 0 Å². The fraction of sp³-hybridized carbons (Fsp3) is 0.143. The topological polar surface area (TPSA) is 32.3 Å². The first-order valence-electron chi connectivity index (χ1n) is 5.59. The van der Waals surface area contributed by atoms with Crippen LogP contribution in [0, 0.1) is 11.6 Å². The molecule has 0 heterocycles. The fourth-order valence-corrected chi connectivity index (χ4v) is 1.61. The van der Waals surface area contributed by atoms with Crippen LogP contribution in [0.1, 0.15) is 11.7 Å². The molecule has 0 spiro atoms. The van der Waals surface area contributed by atoms with E-state index in [4.69, 9.17) is 0 Å². The maximum absolute atomic E-state index is 13.0. The van der Waals surface area contributed by atoms with E-state index in [0.717, 1.165) is 17.8 Å². The molecule has 0 aromatic heterocycles. The van der Waals surface area contributed by atoms with Gasteiger partial charge in [0.15, 0.2) is 11.6 Å². The van der Waals surface area contributed by atoms with Gasteiger partial charge in [0.2, 0.25) is 0 Å². The van der Waals surface area contributed by atoms with Crippen LogP contribution in [0.15, 0.2) is 48.5 Å². The molecule has 2 N–H and O–H groups in total. The summed E-state index contributed by atoms with van der Waals surface area (Å²) in [5, 5.41) is 12.9. The lowest BCUT2D eigenvalue weighted by molar-refractivity contribution is 0.191. The second kappa shape index (κ2) is 5.60. The number of rotatable bonds is 4. The Balaban J connectivity index is 1.99. The minimum atomic E-state index is -0.953. The van der Waals surface area contributed by atoms with Gasteiger partial charge in [0.25, 0.3) is 0 Å². The highest BCUT2D eigenvalue weighted by Crippen LogP contribution is 2.17. The van der Waals surface area contributed by atoms with Crippen LogP contribution < -0.4 is 5.32 Å². The van der Waals surface area contributed by atoms with Gasteiger partial charge in [0.1, 0.15) is 0 Å². The number of aliphatic hydroxyl groups is 1. The van der Waals surface area contributed by atoms with E-state index in [9.17, 15) is 13.9 Å². The van der Waals surface area contributed by atoms with Gasteiger partial charge in [-0.3, -0.25) is 0 Å². The zero-order chi connectivity index (χ0) is 13.0. The highest BCUT2D eigenvalue weighted by molar-refractivity contribution is 5.42. The largest absolute Gasteiger partial charge is 0.387 e. The summed E-state index contributed by atoms with van der Waals surface area (Å²) in [5.74, 6) is -1.87. The summed E-state index contributed by atoms with van der Waals surface area (Å²) in [6.45, 7) is 0.231. The Bertz CT molecular complexity index is 516. The van der Waals surface area contributed by atoms with Gasteiger partial charge >= 0.3 is 0 Å². The molecule has 0 bridgehead atoms. The molecule has 2 aromatic carbocycles. The van der Waals surface area contributed by atoms with Crippen molar-refractivity contribution >= 4 is 5.69 Å². The summed E-state index contributed by atoms with van der Waals surface area (Å²) >= 11 is 0. The van der Waals surface area contributed by atoms with Crippen molar-refractivity contribution in [2.75, 3.05) is 11.9 Å². The standard InChI is InChI=1S/C14H13F2NO/c15-12-7-6-10(8-13(12)16)14(18)9-17-11-4-2-1-3-5-11/h1-8,14,17-18H,9H2. The lowest BCUT2D eigenvalue weighted by Crippen LogP contribution is -2.12. The minimum Gasteiger partial charge on any atom is -0.387 e. The summed E-state index contributed by atoms with van der Waals surface area (Å²) in [4.78, 5) is 0. The lowest BCUT2D eigenvalue weighted by Gasteiger charge is -2.13. The monoisotopic (exact) mass is 249 g/mol. The number of halogens is 2. The third-order valence-electron chi connectivity index (χ3n) is 2.60. The molecule has 0 fully saturated rings. The molecule has 0 aliphatic heterocycles. The number of hydrogen-bond acceptors (Lipinski definition) is 2. The smallest absolute Gasteiger partial charge is 0.159 e. The van der Waals surface area contributed by atoms with Gasteiger partial charge < -0.3 is 10.4 Å². The summed E-state index contributed by atoms with van der Waals surface area (Å²) < 4.78 is 25.7. The van der Waals surface area contributed by atoms with Crippen molar-refractivity contribution in [3.8, 4) is 0 Å². The highest BCUT2D eigenvalue weighted by atomic mass is 19.2. The predicted octanol–water partition coefficient (Wildman–Crippen LogP) is 3.11. The summed E-state index contributed by atoms with van der Waals surface area (Å²) in [7, 11) is 0. The molecule has 1 unspecified atom stereocenters. The summed E-state index contributed by atoms with van der Waals surface area (Å²) in [6.07, 6.45) is -0.889. The lowest BCUT2D eigenvalue weighted by atomic mass is 10.1. The quantitative estimate of drug-likeness (QED) is 0.872. The molecule has 94 valence electrons. The molecule has 0 aliphatic carbocycles. The van der Waals surface area contributed by atoms with Crippen LogP contribution in [0.4, 0.5) is 14.5 Å². The van der Waals surface area contributed by atoms with Crippen molar-refractivity contribution < 1.29 is 13.9 Å². The molecule has 2 rings (SSSR count). The Kier molecular flexibility index (Phi) is 3.89. The molecular formula is C14H13F2NO.